The van der Waals surface area contributed by atoms with Crippen LogP contribution in [0.2, 0.25) is 5.02 Å². The molecule has 0 saturated carbocycles. The summed E-state index contributed by atoms with van der Waals surface area (Å²) < 4.78 is 5.43. The second-order valence-corrected chi connectivity index (χ2v) is 4.02. The molecular formula is C13H7ClN2O3. The highest BCUT2D eigenvalue weighted by molar-refractivity contribution is 6.30. The minimum atomic E-state index is -0.544. The van der Waals surface area contributed by atoms with E-state index in [4.69, 9.17) is 21.6 Å². The van der Waals surface area contributed by atoms with Gasteiger partial charge in [-0.2, -0.15) is 5.26 Å². The number of para-hydroxylation sites is 2. The Morgan fingerprint density at radius 1 is 1.21 bits per heavy atom. The van der Waals surface area contributed by atoms with Gasteiger partial charge in [-0.15, -0.1) is 0 Å². The van der Waals surface area contributed by atoms with Gasteiger partial charge in [0.05, 0.1) is 10.5 Å². The highest BCUT2D eigenvalue weighted by Gasteiger charge is 2.16. The molecule has 2 aromatic carbocycles. The third kappa shape index (κ3) is 2.81. The van der Waals surface area contributed by atoms with Crippen LogP contribution >= 0.6 is 11.6 Å². The molecule has 0 N–H and O–H groups in total. The Balaban J connectivity index is 2.43. The van der Waals surface area contributed by atoms with Crippen LogP contribution < -0.4 is 4.74 Å². The molecule has 0 amide bonds. The van der Waals surface area contributed by atoms with Crippen molar-refractivity contribution >= 4 is 17.3 Å². The van der Waals surface area contributed by atoms with E-state index in [1.54, 1.807) is 12.1 Å². The van der Waals surface area contributed by atoms with Crippen LogP contribution in [-0.4, -0.2) is 4.92 Å². The van der Waals surface area contributed by atoms with Crippen LogP contribution in [0.3, 0.4) is 0 Å². The van der Waals surface area contributed by atoms with Crippen molar-refractivity contribution in [1.29, 1.82) is 5.26 Å². The van der Waals surface area contributed by atoms with E-state index in [0.29, 0.717) is 5.02 Å². The van der Waals surface area contributed by atoms with Crippen molar-refractivity contribution in [2.75, 3.05) is 0 Å². The van der Waals surface area contributed by atoms with Crippen molar-refractivity contribution < 1.29 is 9.66 Å². The van der Waals surface area contributed by atoms with E-state index in [0.717, 1.165) is 0 Å². The summed E-state index contributed by atoms with van der Waals surface area (Å²) in [4.78, 5) is 10.3. The SMILES string of the molecule is N#Cc1cc(Cl)ccc1Oc1ccccc1[N+](=O)[O-]. The zero-order chi connectivity index (χ0) is 13.8. The minimum absolute atomic E-state index is 0.0753. The van der Waals surface area contributed by atoms with Gasteiger partial charge in [0.2, 0.25) is 5.75 Å². The molecule has 0 aliphatic rings. The van der Waals surface area contributed by atoms with Crippen LogP contribution in [0, 0.1) is 21.4 Å². The van der Waals surface area contributed by atoms with Gasteiger partial charge < -0.3 is 4.74 Å². The molecule has 19 heavy (non-hydrogen) atoms. The second kappa shape index (κ2) is 5.38. The smallest absolute Gasteiger partial charge is 0.311 e. The Morgan fingerprint density at radius 3 is 2.63 bits per heavy atom. The maximum Gasteiger partial charge on any atom is 0.311 e. The molecule has 5 nitrogen and oxygen atoms in total. The first-order valence-electron chi connectivity index (χ1n) is 5.22. The van der Waals surface area contributed by atoms with Crippen molar-refractivity contribution in [2.45, 2.75) is 0 Å². The van der Waals surface area contributed by atoms with E-state index < -0.39 is 4.92 Å². The first-order chi connectivity index (χ1) is 9.11. The number of hydrogen-bond acceptors (Lipinski definition) is 4. The normalized spacial score (nSPS) is 9.68. The lowest BCUT2D eigenvalue weighted by molar-refractivity contribution is -0.385. The zero-order valence-corrected chi connectivity index (χ0v) is 10.3. The average molecular weight is 275 g/mol. The number of nitro benzene ring substituents is 1. The Hall–Kier alpha value is -2.58. The molecule has 0 fully saturated rings. The first kappa shape index (κ1) is 12.9. The largest absolute Gasteiger partial charge is 0.449 e. The molecule has 6 heteroatoms. The van der Waals surface area contributed by atoms with Gasteiger partial charge in [0.15, 0.2) is 0 Å². The summed E-state index contributed by atoms with van der Waals surface area (Å²) in [6, 6.07) is 12.4. The maximum absolute atomic E-state index is 10.9. The number of rotatable bonds is 3. The van der Waals surface area contributed by atoms with Gasteiger partial charge in [-0.3, -0.25) is 10.1 Å². The fourth-order valence-electron chi connectivity index (χ4n) is 1.49. The molecule has 0 radical (unpaired) electrons. The number of ether oxygens (including phenoxy) is 1. The summed E-state index contributed by atoms with van der Waals surface area (Å²) in [5.74, 6) is 0.299. The van der Waals surface area contributed by atoms with Gasteiger partial charge in [-0.25, -0.2) is 0 Å². The summed E-state index contributed by atoms with van der Waals surface area (Å²) in [5.41, 5.74) is 0.0481. The Bertz CT molecular complexity index is 680. The molecule has 0 aliphatic heterocycles. The third-order valence-electron chi connectivity index (χ3n) is 2.34. The van der Waals surface area contributed by atoms with Gasteiger partial charge in [-0.1, -0.05) is 23.7 Å². The van der Waals surface area contributed by atoms with E-state index in [-0.39, 0.29) is 22.7 Å². The molecule has 0 aliphatic carbocycles. The predicted octanol–water partition coefficient (Wildman–Crippen LogP) is 3.91. The molecule has 0 bridgehead atoms. The maximum atomic E-state index is 10.9. The molecule has 0 unspecified atom stereocenters. The molecule has 2 rings (SSSR count). The summed E-state index contributed by atoms with van der Waals surface area (Å²) in [6.07, 6.45) is 0. The molecule has 0 atom stereocenters. The molecular weight excluding hydrogens is 268 g/mol. The van der Waals surface area contributed by atoms with Crippen LogP contribution in [-0.2, 0) is 0 Å². The standard InChI is InChI=1S/C13H7ClN2O3/c14-10-5-6-12(9(7-10)8-15)19-13-4-2-1-3-11(13)16(17)18/h1-7H. The van der Waals surface area contributed by atoms with E-state index in [1.807, 2.05) is 6.07 Å². The number of hydrogen-bond donors (Lipinski definition) is 0. The zero-order valence-electron chi connectivity index (χ0n) is 9.54. The highest BCUT2D eigenvalue weighted by Crippen LogP contribution is 2.33. The van der Waals surface area contributed by atoms with Crippen molar-refractivity contribution in [2.24, 2.45) is 0 Å². The first-order valence-corrected chi connectivity index (χ1v) is 5.60. The number of nitro groups is 1. The topological polar surface area (TPSA) is 76.2 Å². The van der Waals surface area contributed by atoms with Gasteiger partial charge >= 0.3 is 5.69 Å². The fraction of sp³-hybridized carbons (Fsp3) is 0. The van der Waals surface area contributed by atoms with Crippen LogP contribution in [0.4, 0.5) is 5.69 Å². The Morgan fingerprint density at radius 2 is 1.95 bits per heavy atom. The lowest BCUT2D eigenvalue weighted by Crippen LogP contribution is -1.94. The Kier molecular flexibility index (Phi) is 3.64. The number of benzene rings is 2. The number of nitriles is 1. The summed E-state index contributed by atoms with van der Waals surface area (Å²) in [6.45, 7) is 0. The van der Waals surface area contributed by atoms with Gasteiger partial charge in [0.25, 0.3) is 0 Å². The molecule has 2 aromatic rings. The molecule has 94 valence electrons. The summed E-state index contributed by atoms with van der Waals surface area (Å²) >= 11 is 5.77. The average Bonchev–Trinajstić information content (AvgIpc) is 2.41. The van der Waals surface area contributed by atoms with Gasteiger partial charge in [0.1, 0.15) is 11.8 Å². The third-order valence-corrected chi connectivity index (χ3v) is 2.58. The summed E-state index contributed by atoms with van der Waals surface area (Å²) in [5, 5.41) is 20.2. The van der Waals surface area contributed by atoms with Crippen LogP contribution in [0.25, 0.3) is 0 Å². The fourth-order valence-corrected chi connectivity index (χ4v) is 1.66. The van der Waals surface area contributed by atoms with Crippen LogP contribution in [0.1, 0.15) is 5.56 Å². The predicted molar refractivity (Wildman–Crippen MR) is 69.3 cm³/mol. The van der Waals surface area contributed by atoms with Crippen molar-refractivity contribution in [3.63, 3.8) is 0 Å². The lowest BCUT2D eigenvalue weighted by Gasteiger charge is -2.07. The molecule has 0 aromatic heterocycles. The van der Waals surface area contributed by atoms with E-state index >= 15 is 0 Å². The van der Waals surface area contributed by atoms with E-state index in [2.05, 4.69) is 0 Å². The highest BCUT2D eigenvalue weighted by atomic mass is 35.5. The van der Waals surface area contributed by atoms with Gasteiger partial charge in [-0.05, 0) is 24.3 Å². The van der Waals surface area contributed by atoms with Gasteiger partial charge in [0, 0.05) is 11.1 Å². The number of halogens is 1. The van der Waals surface area contributed by atoms with Crippen LogP contribution in [0.5, 0.6) is 11.5 Å². The molecule has 0 spiro atoms. The van der Waals surface area contributed by atoms with E-state index in [1.165, 1.54) is 30.3 Å². The minimum Gasteiger partial charge on any atom is -0.449 e. The Labute approximate surface area is 113 Å². The monoisotopic (exact) mass is 274 g/mol. The quantitative estimate of drug-likeness (QED) is 0.628. The molecule has 0 heterocycles. The van der Waals surface area contributed by atoms with E-state index in [9.17, 15) is 10.1 Å². The number of nitrogens with zero attached hydrogens (tertiary/aromatic N) is 2. The van der Waals surface area contributed by atoms with Crippen molar-refractivity contribution in [1.82, 2.24) is 0 Å². The second-order valence-electron chi connectivity index (χ2n) is 3.58. The lowest BCUT2D eigenvalue weighted by atomic mass is 10.2. The van der Waals surface area contributed by atoms with Crippen molar-refractivity contribution in [3.05, 3.63) is 63.2 Å². The van der Waals surface area contributed by atoms with Crippen LogP contribution in [0.15, 0.2) is 42.5 Å². The molecule has 0 saturated heterocycles. The van der Waals surface area contributed by atoms with Crippen molar-refractivity contribution in [3.8, 4) is 17.6 Å². The summed E-state index contributed by atoms with van der Waals surface area (Å²) in [7, 11) is 0.